The van der Waals surface area contributed by atoms with Gasteiger partial charge in [-0.15, -0.1) is 0 Å². The fourth-order valence-electron chi connectivity index (χ4n) is 3.37. The molecule has 0 N–H and O–H groups in total. The number of hydrogen-bond acceptors (Lipinski definition) is 7. The highest BCUT2D eigenvalue weighted by Gasteiger charge is 2.44. The Hall–Kier alpha value is -1.74. The van der Waals surface area contributed by atoms with Gasteiger partial charge in [0, 0.05) is 22.2 Å². The maximum absolute atomic E-state index is 13.0. The van der Waals surface area contributed by atoms with E-state index in [-0.39, 0.29) is 5.17 Å². The number of fused-ring (bicyclic) bond motifs is 2. The summed E-state index contributed by atoms with van der Waals surface area (Å²) in [5.41, 5.74) is -1.18. The van der Waals surface area contributed by atoms with Gasteiger partial charge in [-0.05, 0) is 66.2 Å². The van der Waals surface area contributed by atoms with Gasteiger partial charge in [-0.2, -0.15) is 4.90 Å². The highest BCUT2D eigenvalue weighted by Crippen LogP contribution is 2.47. The van der Waals surface area contributed by atoms with Crippen molar-refractivity contribution in [2.75, 3.05) is 12.4 Å². The molecule has 0 aromatic heterocycles. The Kier molecular flexibility index (Phi) is 6.68. The first kappa shape index (κ1) is 23.9. The largest absolute Gasteiger partial charge is 0.493 e. The van der Waals surface area contributed by atoms with E-state index in [0.717, 1.165) is 27.1 Å². The van der Waals surface area contributed by atoms with Crippen molar-refractivity contribution in [2.24, 2.45) is 4.99 Å². The van der Waals surface area contributed by atoms with Gasteiger partial charge in [-0.25, -0.2) is 14.6 Å². The summed E-state index contributed by atoms with van der Waals surface area (Å²) in [6, 6.07) is 5.83. The smallest absolute Gasteiger partial charge is 0.426 e. The molecule has 1 unspecified atom stereocenters. The number of nitrogens with zero attached hydrogens (tertiary/aromatic N) is 2. The quantitative estimate of drug-likeness (QED) is 0.418. The SMILES string of the molecule is CC(C)(C)OC(=O)N(C(=O)OC(C)(C)C)C1=NC2(CCOc3ccc(Br)cc32)CCS1. The van der Waals surface area contributed by atoms with Crippen LogP contribution in [0.5, 0.6) is 5.75 Å². The van der Waals surface area contributed by atoms with E-state index < -0.39 is 28.9 Å². The van der Waals surface area contributed by atoms with Crippen LogP contribution < -0.4 is 4.74 Å². The third kappa shape index (κ3) is 5.74. The minimum Gasteiger partial charge on any atom is -0.493 e. The molecule has 1 aromatic rings. The fraction of sp³-hybridized carbons (Fsp3) is 0.591. The standard InChI is InChI=1S/C22H29BrN2O5S/c1-20(2,3)29-18(26)25(19(27)30-21(4,5)6)17-24-22(10-12-31-17)9-11-28-16-8-7-14(23)13-15(16)22/h7-8,13H,9-12H2,1-6H3. The van der Waals surface area contributed by atoms with Gasteiger partial charge in [-0.1, -0.05) is 27.7 Å². The molecule has 3 rings (SSSR count). The normalized spacial score (nSPS) is 20.9. The van der Waals surface area contributed by atoms with Crippen molar-refractivity contribution in [3.8, 4) is 5.75 Å². The predicted octanol–water partition coefficient (Wildman–Crippen LogP) is 6.09. The predicted molar refractivity (Wildman–Crippen MR) is 125 cm³/mol. The molecular formula is C22H29BrN2O5S. The minimum absolute atomic E-state index is 0.280. The summed E-state index contributed by atoms with van der Waals surface area (Å²) in [5, 5.41) is 0.280. The van der Waals surface area contributed by atoms with Crippen LogP contribution >= 0.6 is 27.7 Å². The topological polar surface area (TPSA) is 77.4 Å². The minimum atomic E-state index is -0.799. The molecule has 1 aromatic carbocycles. The molecule has 1 spiro atoms. The lowest BCUT2D eigenvalue weighted by Gasteiger charge is -2.40. The van der Waals surface area contributed by atoms with Gasteiger partial charge in [0.15, 0.2) is 5.17 Å². The zero-order chi connectivity index (χ0) is 23.0. The summed E-state index contributed by atoms with van der Waals surface area (Å²) >= 11 is 4.88. The number of imide groups is 1. The molecule has 0 radical (unpaired) electrons. The highest BCUT2D eigenvalue weighted by molar-refractivity contribution is 9.10. The summed E-state index contributed by atoms with van der Waals surface area (Å²) < 4.78 is 17.8. The van der Waals surface area contributed by atoms with Crippen molar-refractivity contribution < 1.29 is 23.8 Å². The third-order valence-corrected chi connectivity index (χ3v) is 6.05. The number of aliphatic imine (C=N–C) groups is 1. The molecule has 2 heterocycles. The molecule has 0 saturated carbocycles. The number of rotatable bonds is 0. The van der Waals surface area contributed by atoms with E-state index >= 15 is 0 Å². The second-order valence-corrected chi connectivity index (χ2v) is 11.5. The monoisotopic (exact) mass is 512 g/mol. The van der Waals surface area contributed by atoms with Crippen molar-refractivity contribution in [2.45, 2.75) is 71.1 Å². The Labute approximate surface area is 196 Å². The molecule has 2 amide bonds. The van der Waals surface area contributed by atoms with Crippen LogP contribution in [0.4, 0.5) is 9.59 Å². The van der Waals surface area contributed by atoms with Gasteiger partial charge in [-0.3, -0.25) is 0 Å². The average molecular weight is 513 g/mol. The first-order valence-electron chi connectivity index (χ1n) is 10.2. The molecule has 0 fully saturated rings. The molecule has 170 valence electrons. The molecule has 7 nitrogen and oxygen atoms in total. The first-order valence-corrected chi connectivity index (χ1v) is 12.0. The van der Waals surface area contributed by atoms with E-state index in [4.69, 9.17) is 19.2 Å². The molecule has 2 aliphatic rings. The maximum Gasteiger partial charge on any atom is 0.426 e. The lowest BCUT2D eigenvalue weighted by Crippen LogP contribution is -2.48. The number of carbonyl (C=O) groups excluding carboxylic acids is 2. The number of carbonyl (C=O) groups is 2. The van der Waals surface area contributed by atoms with Crippen molar-refractivity contribution in [1.82, 2.24) is 4.90 Å². The summed E-state index contributed by atoms with van der Waals surface area (Å²) in [6.45, 7) is 11.0. The van der Waals surface area contributed by atoms with Gasteiger partial charge >= 0.3 is 12.2 Å². The van der Waals surface area contributed by atoms with Gasteiger partial charge in [0.2, 0.25) is 0 Å². The molecule has 9 heteroatoms. The Morgan fingerprint density at radius 1 is 1.10 bits per heavy atom. The summed E-state index contributed by atoms with van der Waals surface area (Å²) in [6.07, 6.45) is -0.181. The van der Waals surface area contributed by atoms with Crippen LogP contribution in [-0.2, 0) is 15.0 Å². The Bertz CT molecular complexity index is 878. The van der Waals surface area contributed by atoms with Crippen LogP contribution in [0, 0.1) is 0 Å². The number of ether oxygens (including phenoxy) is 3. The lowest BCUT2D eigenvalue weighted by atomic mass is 9.83. The van der Waals surface area contributed by atoms with E-state index in [2.05, 4.69) is 15.9 Å². The fourth-order valence-corrected chi connectivity index (χ4v) is 4.88. The van der Waals surface area contributed by atoms with Crippen LogP contribution in [0.25, 0.3) is 0 Å². The molecular weight excluding hydrogens is 484 g/mol. The van der Waals surface area contributed by atoms with Crippen molar-refractivity contribution >= 4 is 45.0 Å². The number of hydrogen-bond donors (Lipinski definition) is 0. The second kappa shape index (κ2) is 8.65. The van der Waals surface area contributed by atoms with Crippen LogP contribution in [0.2, 0.25) is 0 Å². The van der Waals surface area contributed by atoms with Crippen LogP contribution in [0.3, 0.4) is 0 Å². The summed E-state index contributed by atoms with van der Waals surface area (Å²) in [7, 11) is 0. The zero-order valence-corrected chi connectivity index (χ0v) is 21.2. The number of halogens is 1. The number of amides is 2. The van der Waals surface area contributed by atoms with E-state index in [9.17, 15) is 9.59 Å². The van der Waals surface area contributed by atoms with Crippen molar-refractivity contribution in [1.29, 1.82) is 0 Å². The molecule has 2 aliphatic heterocycles. The highest BCUT2D eigenvalue weighted by atomic mass is 79.9. The molecule has 0 bridgehead atoms. The molecule has 0 saturated heterocycles. The lowest BCUT2D eigenvalue weighted by molar-refractivity contribution is 0.0151. The zero-order valence-electron chi connectivity index (χ0n) is 18.8. The van der Waals surface area contributed by atoms with Crippen molar-refractivity contribution in [3.63, 3.8) is 0 Å². The molecule has 0 aliphatic carbocycles. The van der Waals surface area contributed by atoms with Crippen molar-refractivity contribution in [3.05, 3.63) is 28.2 Å². The Morgan fingerprint density at radius 3 is 2.29 bits per heavy atom. The van der Waals surface area contributed by atoms with E-state index in [0.29, 0.717) is 18.8 Å². The molecule has 1 atom stereocenters. The number of benzene rings is 1. The van der Waals surface area contributed by atoms with E-state index in [1.807, 2.05) is 18.2 Å². The Balaban J connectivity index is 2.05. The average Bonchev–Trinajstić information content (AvgIpc) is 2.60. The van der Waals surface area contributed by atoms with Crippen LogP contribution in [-0.4, -0.2) is 45.8 Å². The third-order valence-electron chi connectivity index (χ3n) is 4.62. The summed E-state index contributed by atoms with van der Waals surface area (Å²) in [5.74, 6) is 1.46. The molecule has 31 heavy (non-hydrogen) atoms. The van der Waals surface area contributed by atoms with Gasteiger partial charge in [0.05, 0.1) is 12.1 Å². The van der Waals surface area contributed by atoms with Crippen LogP contribution in [0.15, 0.2) is 27.7 Å². The number of thioether (sulfide) groups is 1. The second-order valence-electron chi connectivity index (χ2n) is 9.56. The van der Waals surface area contributed by atoms with Gasteiger partial charge in [0.1, 0.15) is 17.0 Å². The van der Waals surface area contributed by atoms with Gasteiger partial charge in [0.25, 0.3) is 0 Å². The Morgan fingerprint density at radius 2 is 1.71 bits per heavy atom. The maximum atomic E-state index is 13.0. The van der Waals surface area contributed by atoms with E-state index in [1.165, 1.54) is 11.8 Å². The van der Waals surface area contributed by atoms with Gasteiger partial charge < -0.3 is 14.2 Å². The number of amidine groups is 1. The summed E-state index contributed by atoms with van der Waals surface area (Å²) in [4.78, 5) is 32.0. The van der Waals surface area contributed by atoms with Crippen LogP contribution in [0.1, 0.15) is 59.9 Å². The first-order chi connectivity index (χ1) is 14.3. The van der Waals surface area contributed by atoms with E-state index in [1.54, 1.807) is 41.5 Å².